The van der Waals surface area contributed by atoms with Crippen molar-refractivity contribution in [1.82, 2.24) is 25.3 Å². The highest BCUT2D eigenvalue weighted by Crippen LogP contribution is 2.32. The monoisotopic (exact) mass is 675 g/mol. The topological polar surface area (TPSA) is 167 Å². The molecule has 50 heavy (non-hydrogen) atoms. The Bertz CT molecular complexity index is 1820. The fourth-order valence-electron chi connectivity index (χ4n) is 6.07. The van der Waals surface area contributed by atoms with Crippen molar-refractivity contribution in [2.24, 2.45) is 5.73 Å². The van der Waals surface area contributed by atoms with Crippen LogP contribution in [0.4, 0.5) is 17.3 Å². The minimum atomic E-state index is -0.441. The minimum Gasteiger partial charge on any atom is -0.389 e. The Kier molecular flexibility index (Phi) is 12.5. The van der Waals surface area contributed by atoms with E-state index in [4.69, 9.17) is 10.8 Å². The average Bonchev–Trinajstić information content (AvgIpc) is 3.80. The molecule has 260 valence electrons. The summed E-state index contributed by atoms with van der Waals surface area (Å²) in [7, 11) is 0. The van der Waals surface area contributed by atoms with Gasteiger partial charge in [-0.2, -0.15) is 0 Å². The average molecular weight is 676 g/mol. The van der Waals surface area contributed by atoms with Crippen molar-refractivity contribution < 1.29 is 19.5 Å². The second kappa shape index (κ2) is 17.4. The maximum absolute atomic E-state index is 12.5. The molecule has 1 aliphatic rings. The number of aromatic nitrogens is 4. The summed E-state index contributed by atoms with van der Waals surface area (Å²) in [5.74, 6) is 0.878. The molecular formula is C39H45N7O4. The van der Waals surface area contributed by atoms with Gasteiger partial charge in [0.25, 0.3) is 5.91 Å². The van der Waals surface area contributed by atoms with Crippen molar-refractivity contribution in [3.63, 3.8) is 0 Å². The first-order valence-electron chi connectivity index (χ1n) is 17.2. The maximum Gasteiger partial charge on any atom is 0.250 e. The Hall–Kier alpha value is -5.26. The Morgan fingerprint density at radius 3 is 2.04 bits per heavy atom. The van der Waals surface area contributed by atoms with Gasteiger partial charge in [-0.15, -0.1) is 0 Å². The molecule has 1 saturated heterocycles. The highest BCUT2D eigenvalue weighted by Gasteiger charge is 2.33. The number of imidazole rings is 1. The van der Waals surface area contributed by atoms with Crippen molar-refractivity contribution in [1.29, 1.82) is 0 Å². The zero-order valence-electron chi connectivity index (χ0n) is 28.5. The van der Waals surface area contributed by atoms with Crippen LogP contribution in [0.3, 0.4) is 0 Å². The molecule has 5 N–H and O–H groups in total. The molecule has 0 bridgehead atoms. The van der Waals surface area contributed by atoms with Crippen LogP contribution in [0.1, 0.15) is 91.3 Å². The van der Waals surface area contributed by atoms with E-state index >= 15 is 0 Å². The van der Waals surface area contributed by atoms with Crippen molar-refractivity contribution in [3.8, 4) is 0 Å². The standard InChI is InChI=1S/C26H29N3O3.C13H16N4O/c30-20-24(31)16-10-2-1-3-11-17-25(32)21-18-27-26(28-19-21)29(22-12-6-4-7-13-22)23-14-8-5-9-15-23;1-13(6-3-7-15-13)12-16-9-5-2-4-8(11(14)18)10(9)17-12/h4-9,12-15,18-19,30H,1-3,10-11,16-17,20H2;2,4-5,15H,3,6-7H2,1H3,(H2,14,18)(H,16,17)/t;13-/m.1/s1. The summed E-state index contributed by atoms with van der Waals surface area (Å²) in [6, 6.07) is 25.2. The molecule has 2 aromatic heterocycles. The molecular weight excluding hydrogens is 630 g/mol. The molecule has 1 fully saturated rings. The van der Waals surface area contributed by atoms with Gasteiger partial charge in [-0.1, -0.05) is 61.7 Å². The van der Waals surface area contributed by atoms with Gasteiger partial charge in [0.05, 0.1) is 22.2 Å². The number of benzene rings is 3. The number of aliphatic hydroxyl groups is 1. The van der Waals surface area contributed by atoms with Crippen LogP contribution in [0.2, 0.25) is 0 Å². The van der Waals surface area contributed by atoms with Crippen LogP contribution in [0.5, 0.6) is 0 Å². The summed E-state index contributed by atoms with van der Waals surface area (Å²) < 4.78 is 0. The SMILES string of the molecule is C[C@]1(c2nc3c(C(N)=O)cccc3[nH]2)CCCN1.O=C(CO)CCCCCCCC(=O)c1cnc(N(c2ccccc2)c2ccccc2)nc1. The van der Waals surface area contributed by atoms with E-state index in [-0.39, 0.29) is 23.7 Å². The number of H-pyrrole nitrogens is 1. The Morgan fingerprint density at radius 2 is 1.46 bits per heavy atom. The molecule has 11 heteroatoms. The van der Waals surface area contributed by atoms with Crippen molar-refractivity contribution in [2.45, 2.75) is 70.3 Å². The first kappa shape index (κ1) is 36.0. The van der Waals surface area contributed by atoms with Gasteiger partial charge < -0.3 is 21.1 Å². The lowest BCUT2D eigenvalue weighted by Crippen LogP contribution is -2.34. The number of hydrogen-bond donors (Lipinski definition) is 4. The molecule has 11 nitrogen and oxygen atoms in total. The van der Waals surface area contributed by atoms with Gasteiger partial charge in [0.15, 0.2) is 11.6 Å². The number of ketones is 2. The third kappa shape index (κ3) is 9.25. The third-order valence-electron chi connectivity index (χ3n) is 8.89. The molecule has 6 rings (SSSR count). The van der Waals surface area contributed by atoms with E-state index in [1.54, 1.807) is 18.5 Å². The number of aromatic amines is 1. The van der Waals surface area contributed by atoms with Gasteiger partial charge in [-0.05, 0) is 75.5 Å². The number of anilines is 3. The largest absolute Gasteiger partial charge is 0.389 e. The van der Waals surface area contributed by atoms with E-state index < -0.39 is 5.91 Å². The fourth-order valence-corrected chi connectivity index (χ4v) is 6.07. The number of nitrogens with one attached hydrogen (secondary N) is 2. The van der Waals surface area contributed by atoms with Gasteiger partial charge in [-0.3, -0.25) is 19.3 Å². The van der Waals surface area contributed by atoms with Crippen molar-refractivity contribution >= 4 is 45.8 Å². The number of hydrogen-bond acceptors (Lipinski definition) is 9. The van der Waals surface area contributed by atoms with E-state index in [1.807, 2.05) is 77.7 Å². The van der Waals surface area contributed by atoms with Crippen LogP contribution in [0, 0.1) is 0 Å². The highest BCUT2D eigenvalue weighted by atomic mass is 16.3. The lowest BCUT2D eigenvalue weighted by atomic mass is 10.00. The predicted molar refractivity (Wildman–Crippen MR) is 195 cm³/mol. The summed E-state index contributed by atoms with van der Waals surface area (Å²) in [6.07, 6.45) is 10.7. The number of aliphatic hydroxyl groups excluding tert-OH is 1. The molecule has 3 aromatic carbocycles. The van der Waals surface area contributed by atoms with Crippen LogP contribution in [0.15, 0.2) is 91.3 Å². The lowest BCUT2D eigenvalue weighted by Gasteiger charge is -2.22. The van der Waals surface area contributed by atoms with Crippen LogP contribution in [-0.2, 0) is 10.3 Å². The van der Waals surface area contributed by atoms with E-state index in [0.29, 0.717) is 35.4 Å². The van der Waals surface area contributed by atoms with Crippen molar-refractivity contribution in [2.75, 3.05) is 18.1 Å². The second-order valence-corrected chi connectivity index (χ2v) is 12.7. The van der Waals surface area contributed by atoms with Crippen molar-refractivity contribution in [3.05, 3.63) is 108 Å². The molecule has 1 atom stereocenters. The number of rotatable bonds is 15. The van der Waals surface area contributed by atoms with Crippen LogP contribution >= 0.6 is 0 Å². The molecule has 3 heterocycles. The van der Waals surface area contributed by atoms with E-state index in [2.05, 4.69) is 32.2 Å². The number of fused-ring (bicyclic) bond motifs is 1. The summed E-state index contributed by atoms with van der Waals surface area (Å²) >= 11 is 0. The smallest absolute Gasteiger partial charge is 0.250 e. The van der Waals surface area contributed by atoms with Gasteiger partial charge in [0.2, 0.25) is 5.95 Å². The molecule has 0 spiro atoms. The molecule has 0 radical (unpaired) electrons. The number of unbranched alkanes of at least 4 members (excludes halogenated alkanes) is 4. The normalized spacial score (nSPS) is 15.3. The van der Waals surface area contributed by atoms with Gasteiger partial charge in [0.1, 0.15) is 17.9 Å². The van der Waals surface area contributed by atoms with Gasteiger partial charge in [-0.25, -0.2) is 15.0 Å². The summed E-state index contributed by atoms with van der Waals surface area (Å²) in [5.41, 5.74) is 9.63. The molecule has 5 aromatic rings. The lowest BCUT2D eigenvalue weighted by molar-refractivity contribution is -0.121. The van der Waals surface area contributed by atoms with Crippen LogP contribution in [0.25, 0.3) is 11.0 Å². The zero-order valence-corrected chi connectivity index (χ0v) is 28.5. The zero-order chi connectivity index (χ0) is 35.3. The third-order valence-corrected chi connectivity index (χ3v) is 8.89. The quantitative estimate of drug-likeness (QED) is 0.0699. The summed E-state index contributed by atoms with van der Waals surface area (Å²) in [6.45, 7) is 2.75. The Morgan fingerprint density at radius 1 is 0.840 bits per heavy atom. The molecule has 1 amide bonds. The first-order valence-corrected chi connectivity index (χ1v) is 17.2. The second-order valence-electron chi connectivity index (χ2n) is 12.7. The Balaban J connectivity index is 0.000000226. The highest BCUT2D eigenvalue weighted by molar-refractivity contribution is 6.04. The molecule has 0 unspecified atom stereocenters. The predicted octanol–water partition coefficient (Wildman–Crippen LogP) is 6.68. The number of amides is 1. The number of para-hydroxylation sites is 3. The van der Waals surface area contributed by atoms with Crippen LogP contribution < -0.4 is 16.0 Å². The number of nitrogens with zero attached hydrogens (tertiary/aromatic N) is 4. The van der Waals surface area contributed by atoms with E-state index in [0.717, 1.165) is 74.2 Å². The molecule has 1 aliphatic heterocycles. The Labute approximate surface area is 292 Å². The number of Topliss-reactive ketones (excluding diaryl/α,β-unsaturated/α-hetero) is 2. The minimum absolute atomic E-state index is 0.0398. The summed E-state index contributed by atoms with van der Waals surface area (Å²) in [4.78, 5) is 53.7. The van der Waals surface area contributed by atoms with Gasteiger partial charge >= 0.3 is 0 Å². The number of carbonyl (C=O) groups is 3. The number of primary amides is 1. The van der Waals surface area contributed by atoms with Gasteiger partial charge in [0, 0.05) is 36.6 Å². The number of carbonyl (C=O) groups excluding carboxylic acids is 3. The molecule has 0 saturated carbocycles. The first-order chi connectivity index (χ1) is 24.3. The maximum atomic E-state index is 12.5. The summed E-state index contributed by atoms with van der Waals surface area (Å²) in [5, 5.41) is 12.2. The van der Waals surface area contributed by atoms with E-state index in [9.17, 15) is 14.4 Å². The number of nitrogens with two attached hydrogens (primary N) is 1. The van der Waals surface area contributed by atoms with E-state index in [1.165, 1.54) is 0 Å². The fraction of sp³-hybridized carbons (Fsp3) is 0.333. The van der Waals surface area contributed by atoms with Crippen LogP contribution in [-0.4, -0.2) is 55.7 Å². The molecule has 0 aliphatic carbocycles.